The van der Waals surface area contributed by atoms with Gasteiger partial charge < -0.3 is 9.47 Å². The first-order chi connectivity index (χ1) is 6.72. The second-order valence-corrected chi connectivity index (χ2v) is 3.75. The van der Waals surface area contributed by atoms with Crippen molar-refractivity contribution in [2.45, 2.75) is 32.3 Å². The topological polar surface area (TPSA) is 35.5 Å². The minimum Gasteiger partial charge on any atom is -0.462 e. The first kappa shape index (κ1) is 11.2. The highest BCUT2D eigenvalue weighted by Gasteiger charge is 2.17. The lowest BCUT2D eigenvalue weighted by Gasteiger charge is -2.12. The predicted octanol–water partition coefficient (Wildman–Crippen LogP) is 1.92. The van der Waals surface area contributed by atoms with Crippen molar-refractivity contribution in [3.8, 4) is 0 Å². The zero-order valence-electron chi connectivity index (χ0n) is 8.70. The maximum Gasteiger partial charge on any atom is 0.330 e. The summed E-state index contributed by atoms with van der Waals surface area (Å²) in [6.07, 6.45) is 4.65. The van der Waals surface area contributed by atoms with E-state index in [0.717, 1.165) is 25.9 Å². The Labute approximate surface area is 85.1 Å². The van der Waals surface area contributed by atoms with Gasteiger partial charge in [-0.1, -0.05) is 6.58 Å². The summed E-state index contributed by atoms with van der Waals surface area (Å²) in [6, 6.07) is 0. The number of rotatable bonds is 3. The van der Waals surface area contributed by atoms with Gasteiger partial charge in [0, 0.05) is 12.7 Å². The van der Waals surface area contributed by atoms with E-state index < -0.39 is 0 Å². The molecule has 3 nitrogen and oxygen atoms in total. The van der Waals surface area contributed by atoms with Crippen LogP contribution in [0, 0.1) is 5.92 Å². The molecule has 0 aromatic carbocycles. The zero-order valence-corrected chi connectivity index (χ0v) is 8.70. The molecular weight excluding hydrogens is 180 g/mol. The molecule has 0 amide bonds. The molecule has 0 aliphatic carbocycles. The fraction of sp³-hybridized carbons (Fsp3) is 0.727. The Bertz CT molecular complexity index is 201. The molecule has 0 aromatic heterocycles. The second-order valence-electron chi connectivity index (χ2n) is 3.75. The van der Waals surface area contributed by atoms with Gasteiger partial charge in [-0.2, -0.15) is 0 Å². The van der Waals surface area contributed by atoms with Gasteiger partial charge in [0.05, 0.1) is 12.7 Å². The van der Waals surface area contributed by atoms with Crippen LogP contribution in [0.4, 0.5) is 0 Å². The van der Waals surface area contributed by atoms with Crippen molar-refractivity contribution in [3.63, 3.8) is 0 Å². The molecule has 0 N–H and O–H groups in total. The standard InChI is InChI=1S/C11H18O3/c1-3-11(12)14-8-10-5-4-9(2)13-7-6-10/h3,9-10H,1,4-8H2,2H3. The van der Waals surface area contributed by atoms with E-state index in [0.29, 0.717) is 18.6 Å². The van der Waals surface area contributed by atoms with Crippen molar-refractivity contribution in [1.29, 1.82) is 0 Å². The molecule has 1 aliphatic heterocycles. The Kier molecular flexibility index (Phi) is 4.66. The van der Waals surface area contributed by atoms with E-state index in [1.165, 1.54) is 6.08 Å². The highest BCUT2D eigenvalue weighted by Crippen LogP contribution is 2.19. The van der Waals surface area contributed by atoms with Crippen molar-refractivity contribution in [2.75, 3.05) is 13.2 Å². The Hall–Kier alpha value is -0.830. The first-order valence-electron chi connectivity index (χ1n) is 5.13. The summed E-state index contributed by atoms with van der Waals surface area (Å²) >= 11 is 0. The molecule has 0 saturated carbocycles. The SMILES string of the molecule is C=CC(=O)OCC1CCOC(C)CC1. The third-order valence-corrected chi connectivity index (χ3v) is 2.54. The largest absolute Gasteiger partial charge is 0.462 e. The van der Waals surface area contributed by atoms with E-state index in [2.05, 4.69) is 13.5 Å². The summed E-state index contributed by atoms with van der Waals surface area (Å²) in [5.41, 5.74) is 0. The lowest BCUT2D eigenvalue weighted by atomic mass is 10.0. The summed E-state index contributed by atoms with van der Waals surface area (Å²) in [6.45, 7) is 6.71. The normalized spacial score (nSPS) is 27.8. The van der Waals surface area contributed by atoms with Crippen LogP contribution in [0.3, 0.4) is 0 Å². The zero-order chi connectivity index (χ0) is 10.4. The van der Waals surface area contributed by atoms with Crippen LogP contribution in [0.5, 0.6) is 0 Å². The summed E-state index contributed by atoms with van der Waals surface area (Å²) in [7, 11) is 0. The average Bonchev–Trinajstić information content (AvgIpc) is 2.39. The Morgan fingerprint density at radius 1 is 1.57 bits per heavy atom. The Morgan fingerprint density at radius 2 is 2.36 bits per heavy atom. The third-order valence-electron chi connectivity index (χ3n) is 2.54. The Balaban J connectivity index is 2.23. The highest BCUT2D eigenvalue weighted by molar-refractivity contribution is 5.81. The van der Waals surface area contributed by atoms with Crippen LogP contribution in [0.15, 0.2) is 12.7 Å². The number of carbonyl (C=O) groups is 1. The number of hydrogen-bond donors (Lipinski definition) is 0. The summed E-state index contributed by atoms with van der Waals surface area (Å²) in [5.74, 6) is 0.118. The van der Waals surface area contributed by atoms with Gasteiger partial charge in [0.15, 0.2) is 0 Å². The van der Waals surface area contributed by atoms with Crippen molar-refractivity contribution in [2.24, 2.45) is 5.92 Å². The van der Waals surface area contributed by atoms with E-state index in [4.69, 9.17) is 9.47 Å². The first-order valence-corrected chi connectivity index (χ1v) is 5.13. The number of hydrogen-bond acceptors (Lipinski definition) is 3. The van der Waals surface area contributed by atoms with E-state index >= 15 is 0 Å². The van der Waals surface area contributed by atoms with Crippen molar-refractivity contribution in [1.82, 2.24) is 0 Å². The van der Waals surface area contributed by atoms with E-state index in [-0.39, 0.29) is 5.97 Å². The van der Waals surface area contributed by atoms with Crippen LogP contribution in [0.25, 0.3) is 0 Å². The maximum absolute atomic E-state index is 10.8. The van der Waals surface area contributed by atoms with Gasteiger partial charge in [0.2, 0.25) is 0 Å². The molecular formula is C11H18O3. The van der Waals surface area contributed by atoms with Crippen LogP contribution in [-0.2, 0) is 14.3 Å². The quantitative estimate of drug-likeness (QED) is 0.513. The molecule has 0 aromatic rings. The Morgan fingerprint density at radius 3 is 3.07 bits per heavy atom. The highest BCUT2D eigenvalue weighted by atomic mass is 16.5. The molecule has 1 aliphatic rings. The molecule has 3 heteroatoms. The van der Waals surface area contributed by atoms with Gasteiger partial charge in [-0.3, -0.25) is 0 Å². The van der Waals surface area contributed by atoms with E-state index in [1.54, 1.807) is 0 Å². The molecule has 1 heterocycles. The molecule has 2 atom stereocenters. The molecule has 1 saturated heterocycles. The molecule has 14 heavy (non-hydrogen) atoms. The summed E-state index contributed by atoms with van der Waals surface area (Å²) in [4.78, 5) is 10.8. The van der Waals surface area contributed by atoms with Gasteiger partial charge in [-0.05, 0) is 32.1 Å². The van der Waals surface area contributed by atoms with E-state index in [1.807, 2.05) is 0 Å². The molecule has 2 unspecified atom stereocenters. The summed E-state index contributed by atoms with van der Waals surface area (Å²) in [5, 5.41) is 0. The second kappa shape index (κ2) is 5.81. The minimum absolute atomic E-state index is 0.330. The fourth-order valence-electron chi connectivity index (χ4n) is 1.56. The maximum atomic E-state index is 10.8. The number of esters is 1. The van der Waals surface area contributed by atoms with Crippen molar-refractivity contribution >= 4 is 5.97 Å². The van der Waals surface area contributed by atoms with Crippen LogP contribution in [0.1, 0.15) is 26.2 Å². The summed E-state index contributed by atoms with van der Waals surface area (Å²) < 4.78 is 10.5. The molecule has 0 spiro atoms. The van der Waals surface area contributed by atoms with Crippen molar-refractivity contribution < 1.29 is 14.3 Å². The van der Waals surface area contributed by atoms with Crippen LogP contribution >= 0.6 is 0 Å². The fourth-order valence-corrected chi connectivity index (χ4v) is 1.56. The third kappa shape index (κ3) is 3.92. The smallest absolute Gasteiger partial charge is 0.330 e. The van der Waals surface area contributed by atoms with Gasteiger partial charge >= 0.3 is 5.97 Å². The van der Waals surface area contributed by atoms with Gasteiger partial charge in [0.1, 0.15) is 0 Å². The molecule has 80 valence electrons. The molecule has 1 rings (SSSR count). The molecule has 1 fully saturated rings. The van der Waals surface area contributed by atoms with Gasteiger partial charge in [-0.25, -0.2) is 4.79 Å². The van der Waals surface area contributed by atoms with Crippen LogP contribution in [-0.4, -0.2) is 25.3 Å². The number of ether oxygens (including phenoxy) is 2. The van der Waals surface area contributed by atoms with Gasteiger partial charge in [-0.15, -0.1) is 0 Å². The minimum atomic E-state index is -0.330. The number of carbonyl (C=O) groups excluding carboxylic acids is 1. The van der Waals surface area contributed by atoms with E-state index in [9.17, 15) is 4.79 Å². The lowest BCUT2D eigenvalue weighted by molar-refractivity contribution is -0.139. The lowest BCUT2D eigenvalue weighted by Crippen LogP contribution is -2.13. The van der Waals surface area contributed by atoms with Crippen LogP contribution < -0.4 is 0 Å². The van der Waals surface area contributed by atoms with Gasteiger partial charge in [0.25, 0.3) is 0 Å². The monoisotopic (exact) mass is 198 g/mol. The molecule has 0 bridgehead atoms. The predicted molar refractivity (Wildman–Crippen MR) is 53.9 cm³/mol. The molecule has 0 radical (unpaired) electrons. The van der Waals surface area contributed by atoms with Crippen molar-refractivity contribution in [3.05, 3.63) is 12.7 Å². The van der Waals surface area contributed by atoms with Crippen LogP contribution in [0.2, 0.25) is 0 Å². The average molecular weight is 198 g/mol.